The van der Waals surface area contributed by atoms with Crippen molar-refractivity contribution in [3.05, 3.63) is 71.9 Å². The molecule has 0 saturated heterocycles. The summed E-state index contributed by atoms with van der Waals surface area (Å²) < 4.78 is 9.97. The maximum Gasteiger partial charge on any atom is 0.408 e. The van der Waals surface area contributed by atoms with Gasteiger partial charge in [0.2, 0.25) is 11.8 Å². The molecule has 0 fully saturated rings. The molecule has 0 bridgehead atoms. The van der Waals surface area contributed by atoms with Crippen LogP contribution in [0.3, 0.4) is 0 Å². The molecule has 0 aliphatic heterocycles. The molecule has 1 heterocycles. The van der Waals surface area contributed by atoms with Crippen molar-refractivity contribution in [3.8, 4) is 0 Å². The fourth-order valence-electron chi connectivity index (χ4n) is 3.97. The highest BCUT2D eigenvalue weighted by Gasteiger charge is 2.31. The third-order valence-electron chi connectivity index (χ3n) is 6.08. The number of hydrogen-bond acceptors (Lipinski definition) is 6. The summed E-state index contributed by atoms with van der Waals surface area (Å²) in [6.45, 7) is 5.09. The lowest BCUT2D eigenvalue weighted by atomic mass is 10.0. The number of carbonyl (C=O) groups is 4. The molecule has 3 atom stereocenters. The number of amides is 3. The minimum Gasteiger partial charge on any atom is -0.467 e. The number of fused-ring (bicyclic) bond motifs is 1. The number of benzene rings is 2. The first kappa shape index (κ1) is 28.2. The first-order valence-electron chi connectivity index (χ1n) is 12.4. The van der Waals surface area contributed by atoms with Crippen LogP contribution in [0.5, 0.6) is 0 Å². The van der Waals surface area contributed by atoms with Crippen LogP contribution < -0.4 is 16.0 Å². The van der Waals surface area contributed by atoms with Gasteiger partial charge in [-0.25, -0.2) is 9.59 Å². The summed E-state index contributed by atoms with van der Waals surface area (Å²) in [4.78, 5) is 54.0. The standard InChI is InChI=1S/C28H34N4O6/c1-17(2)24(32-28(36)38-16-19-10-6-5-7-11-19)26(34)31-23(25(33)30-18(3)27(35)37-4)14-20-15-29-22-13-9-8-12-21(20)22/h5-13,15,17-18,23-24,29H,14,16H2,1-4H3,(H,30,33)(H,31,34)(H,32,36). The molecule has 0 aliphatic carbocycles. The lowest BCUT2D eigenvalue weighted by molar-refractivity contribution is -0.144. The molecule has 3 rings (SSSR count). The second-order valence-electron chi connectivity index (χ2n) is 9.31. The fourth-order valence-corrected chi connectivity index (χ4v) is 3.97. The molecule has 3 unspecified atom stereocenters. The van der Waals surface area contributed by atoms with Crippen LogP contribution in [0.25, 0.3) is 10.9 Å². The van der Waals surface area contributed by atoms with Crippen LogP contribution in [-0.2, 0) is 36.9 Å². The third kappa shape index (κ3) is 7.58. The van der Waals surface area contributed by atoms with Gasteiger partial charge in [0.05, 0.1) is 7.11 Å². The molecule has 3 aromatic rings. The van der Waals surface area contributed by atoms with E-state index in [2.05, 4.69) is 20.9 Å². The van der Waals surface area contributed by atoms with E-state index in [0.717, 1.165) is 22.0 Å². The van der Waals surface area contributed by atoms with E-state index in [4.69, 9.17) is 9.47 Å². The van der Waals surface area contributed by atoms with E-state index < -0.39 is 42.0 Å². The number of aromatic nitrogens is 1. The first-order valence-corrected chi connectivity index (χ1v) is 12.4. The van der Waals surface area contributed by atoms with Crippen LogP contribution >= 0.6 is 0 Å². The molecule has 0 radical (unpaired) electrons. The zero-order valence-corrected chi connectivity index (χ0v) is 21.9. The zero-order chi connectivity index (χ0) is 27.7. The van der Waals surface area contributed by atoms with Gasteiger partial charge in [-0.1, -0.05) is 62.4 Å². The van der Waals surface area contributed by atoms with Gasteiger partial charge < -0.3 is 30.4 Å². The number of H-pyrrole nitrogens is 1. The second-order valence-corrected chi connectivity index (χ2v) is 9.31. The van der Waals surface area contributed by atoms with E-state index in [1.807, 2.05) is 54.6 Å². The molecule has 2 aromatic carbocycles. The quantitative estimate of drug-likeness (QED) is 0.286. The van der Waals surface area contributed by atoms with Gasteiger partial charge in [0.25, 0.3) is 0 Å². The summed E-state index contributed by atoms with van der Waals surface area (Å²) in [5.74, 6) is -2.03. The highest BCUT2D eigenvalue weighted by Crippen LogP contribution is 2.19. The molecule has 4 N–H and O–H groups in total. The van der Waals surface area contributed by atoms with Crippen LogP contribution in [0.4, 0.5) is 4.79 Å². The summed E-state index contributed by atoms with van der Waals surface area (Å²) in [6, 6.07) is 13.9. The summed E-state index contributed by atoms with van der Waals surface area (Å²) >= 11 is 0. The molecule has 1 aromatic heterocycles. The van der Waals surface area contributed by atoms with Crippen LogP contribution in [0.2, 0.25) is 0 Å². The monoisotopic (exact) mass is 522 g/mol. The molecule has 10 heteroatoms. The molecule has 0 spiro atoms. The average molecular weight is 523 g/mol. The number of aromatic amines is 1. The Hall–Kier alpha value is -4.34. The largest absolute Gasteiger partial charge is 0.467 e. The molecule has 38 heavy (non-hydrogen) atoms. The van der Waals surface area contributed by atoms with Crippen molar-refractivity contribution in [3.63, 3.8) is 0 Å². The highest BCUT2D eigenvalue weighted by molar-refractivity contribution is 5.94. The van der Waals surface area contributed by atoms with E-state index in [9.17, 15) is 19.2 Å². The van der Waals surface area contributed by atoms with Crippen molar-refractivity contribution in [2.45, 2.75) is 51.9 Å². The number of nitrogens with one attached hydrogen (secondary N) is 4. The maximum absolute atomic E-state index is 13.3. The van der Waals surface area contributed by atoms with Crippen LogP contribution in [0.1, 0.15) is 31.9 Å². The minimum atomic E-state index is -1.03. The van der Waals surface area contributed by atoms with E-state index >= 15 is 0 Å². The molecular formula is C28H34N4O6. The number of methoxy groups -OCH3 is 1. The van der Waals surface area contributed by atoms with Gasteiger partial charge in [0, 0.05) is 23.5 Å². The fraction of sp³-hybridized carbons (Fsp3) is 0.357. The lowest BCUT2D eigenvalue weighted by Gasteiger charge is -2.25. The van der Waals surface area contributed by atoms with Crippen molar-refractivity contribution >= 4 is 34.8 Å². The van der Waals surface area contributed by atoms with Gasteiger partial charge in [-0.3, -0.25) is 9.59 Å². The van der Waals surface area contributed by atoms with Gasteiger partial charge in [0.1, 0.15) is 24.7 Å². The Bertz CT molecular complexity index is 1260. The summed E-state index contributed by atoms with van der Waals surface area (Å²) in [5.41, 5.74) is 2.50. The van der Waals surface area contributed by atoms with Crippen molar-refractivity contribution < 1.29 is 28.7 Å². The number of hydrogen-bond donors (Lipinski definition) is 4. The third-order valence-corrected chi connectivity index (χ3v) is 6.08. The molecule has 202 valence electrons. The number of ether oxygens (including phenoxy) is 2. The number of esters is 1. The Labute approximate surface area is 221 Å². The first-order chi connectivity index (χ1) is 18.2. The maximum atomic E-state index is 13.3. The Morgan fingerprint density at radius 3 is 2.24 bits per heavy atom. The van der Waals surface area contributed by atoms with Crippen molar-refractivity contribution in [1.82, 2.24) is 20.9 Å². The number of carbonyl (C=O) groups excluding carboxylic acids is 4. The Morgan fingerprint density at radius 1 is 0.868 bits per heavy atom. The van der Waals surface area contributed by atoms with E-state index in [-0.39, 0.29) is 18.9 Å². The van der Waals surface area contributed by atoms with Crippen molar-refractivity contribution in [2.24, 2.45) is 5.92 Å². The van der Waals surface area contributed by atoms with Crippen LogP contribution in [-0.4, -0.2) is 54.1 Å². The van der Waals surface area contributed by atoms with Gasteiger partial charge in [-0.2, -0.15) is 0 Å². The van der Waals surface area contributed by atoms with E-state index in [1.165, 1.54) is 14.0 Å². The van der Waals surface area contributed by atoms with E-state index in [0.29, 0.717) is 0 Å². The van der Waals surface area contributed by atoms with Gasteiger partial charge >= 0.3 is 12.1 Å². The number of alkyl carbamates (subject to hydrolysis) is 1. The number of para-hydroxylation sites is 1. The predicted molar refractivity (Wildman–Crippen MR) is 142 cm³/mol. The predicted octanol–water partition coefficient (Wildman–Crippen LogP) is 2.82. The SMILES string of the molecule is COC(=O)C(C)NC(=O)C(Cc1c[nH]c2ccccc12)NC(=O)C(NC(=O)OCc1ccccc1)C(C)C. The van der Waals surface area contributed by atoms with Gasteiger partial charge in [-0.15, -0.1) is 0 Å². The Kier molecular flexibility index (Phi) is 9.86. The lowest BCUT2D eigenvalue weighted by Crippen LogP contribution is -2.57. The molecular weight excluding hydrogens is 488 g/mol. The topological polar surface area (TPSA) is 139 Å². The number of rotatable bonds is 11. The molecule has 0 aliphatic rings. The summed E-state index contributed by atoms with van der Waals surface area (Å²) in [7, 11) is 1.23. The highest BCUT2D eigenvalue weighted by atomic mass is 16.5. The second kappa shape index (κ2) is 13.3. The summed E-state index contributed by atoms with van der Waals surface area (Å²) in [6.07, 6.45) is 1.18. The normalized spacial score (nSPS) is 13.3. The smallest absolute Gasteiger partial charge is 0.408 e. The molecule has 3 amide bonds. The Morgan fingerprint density at radius 2 is 1.55 bits per heavy atom. The molecule has 0 saturated carbocycles. The van der Waals surface area contributed by atoms with Crippen molar-refractivity contribution in [1.29, 1.82) is 0 Å². The minimum absolute atomic E-state index is 0.0517. The van der Waals surface area contributed by atoms with Crippen LogP contribution in [0, 0.1) is 5.92 Å². The van der Waals surface area contributed by atoms with Gasteiger partial charge in [0.15, 0.2) is 0 Å². The Balaban J connectivity index is 1.74. The zero-order valence-electron chi connectivity index (χ0n) is 21.9. The van der Waals surface area contributed by atoms with Crippen molar-refractivity contribution in [2.75, 3.05) is 7.11 Å². The van der Waals surface area contributed by atoms with E-state index in [1.54, 1.807) is 20.0 Å². The average Bonchev–Trinajstić information content (AvgIpc) is 3.32. The van der Waals surface area contributed by atoms with Gasteiger partial charge in [-0.05, 0) is 30.0 Å². The van der Waals surface area contributed by atoms with Crippen LogP contribution in [0.15, 0.2) is 60.8 Å². The summed E-state index contributed by atoms with van der Waals surface area (Å²) in [5, 5.41) is 8.86. The molecule has 10 nitrogen and oxygen atoms in total.